The van der Waals surface area contributed by atoms with Crippen LogP contribution in [0.3, 0.4) is 0 Å². The van der Waals surface area contributed by atoms with Crippen molar-refractivity contribution in [3.8, 4) is 0 Å². The maximum atomic E-state index is 10.5. The first kappa shape index (κ1) is 18.1. The number of ether oxygens (including phenoxy) is 3. The molecule has 2 fully saturated rings. The molecule has 130 valence electrons. The molecule has 0 spiro atoms. The molecule has 2 unspecified atom stereocenters. The van der Waals surface area contributed by atoms with Crippen molar-refractivity contribution in [2.24, 2.45) is 5.41 Å². The molecule has 8 atom stereocenters. The normalized spacial score (nSPS) is 46.4. The molecule has 0 aromatic rings. The average molecular weight is 320 g/mol. The van der Waals surface area contributed by atoms with E-state index in [0.717, 1.165) is 0 Å². The van der Waals surface area contributed by atoms with Gasteiger partial charge in [0.25, 0.3) is 0 Å². The Kier molecular flexibility index (Phi) is 5.49. The standard InChI is InChI=1S/C15H28O7/c1-5-7-9(17)10(18)14(21-7)22-12-8(6-16)20-13(11(12)19)15(2,3)4/h7-14,16-19H,5-6H2,1-4H3/t7-,8-,9+,10-,11-,12+,13?,14?/m1/s1. The maximum Gasteiger partial charge on any atom is 0.187 e. The van der Waals surface area contributed by atoms with E-state index in [-0.39, 0.29) is 12.0 Å². The molecule has 2 saturated heterocycles. The van der Waals surface area contributed by atoms with Gasteiger partial charge in [0.1, 0.15) is 30.5 Å². The van der Waals surface area contributed by atoms with Crippen LogP contribution in [0.25, 0.3) is 0 Å². The van der Waals surface area contributed by atoms with Crippen LogP contribution in [-0.2, 0) is 14.2 Å². The Morgan fingerprint density at radius 3 is 2.05 bits per heavy atom. The van der Waals surface area contributed by atoms with Crippen LogP contribution < -0.4 is 0 Å². The van der Waals surface area contributed by atoms with Crippen molar-refractivity contribution >= 4 is 0 Å². The molecule has 2 aliphatic heterocycles. The lowest BCUT2D eigenvalue weighted by Crippen LogP contribution is -2.44. The number of aliphatic hydroxyl groups excluding tert-OH is 4. The van der Waals surface area contributed by atoms with Crippen molar-refractivity contribution in [3.63, 3.8) is 0 Å². The zero-order valence-electron chi connectivity index (χ0n) is 13.5. The van der Waals surface area contributed by atoms with Crippen LogP contribution >= 0.6 is 0 Å². The summed E-state index contributed by atoms with van der Waals surface area (Å²) in [7, 11) is 0. The van der Waals surface area contributed by atoms with Crippen LogP contribution in [-0.4, -0.2) is 76.1 Å². The third kappa shape index (κ3) is 3.31. The summed E-state index contributed by atoms with van der Waals surface area (Å²) in [5, 5.41) is 39.8. The van der Waals surface area contributed by atoms with Gasteiger partial charge in [0.2, 0.25) is 0 Å². The van der Waals surface area contributed by atoms with Crippen LogP contribution in [0.2, 0.25) is 0 Å². The molecule has 0 bridgehead atoms. The van der Waals surface area contributed by atoms with E-state index in [4.69, 9.17) is 14.2 Å². The van der Waals surface area contributed by atoms with Crippen LogP contribution in [0.1, 0.15) is 34.1 Å². The van der Waals surface area contributed by atoms with Gasteiger partial charge in [0.05, 0.1) is 18.8 Å². The van der Waals surface area contributed by atoms with E-state index in [1.807, 2.05) is 27.7 Å². The fraction of sp³-hybridized carbons (Fsp3) is 1.00. The van der Waals surface area contributed by atoms with E-state index in [2.05, 4.69) is 0 Å². The summed E-state index contributed by atoms with van der Waals surface area (Å²) in [6.07, 6.45) is -6.21. The highest BCUT2D eigenvalue weighted by Crippen LogP contribution is 2.37. The largest absolute Gasteiger partial charge is 0.394 e. The highest BCUT2D eigenvalue weighted by atomic mass is 16.7. The third-order valence-corrected chi connectivity index (χ3v) is 4.38. The van der Waals surface area contributed by atoms with Crippen molar-refractivity contribution < 1.29 is 34.6 Å². The molecule has 22 heavy (non-hydrogen) atoms. The Labute approximate surface area is 130 Å². The quantitative estimate of drug-likeness (QED) is 0.547. The predicted octanol–water partition coefficient (Wildman–Crippen LogP) is -0.605. The minimum atomic E-state index is -1.19. The molecule has 4 N–H and O–H groups in total. The molecule has 0 amide bonds. The van der Waals surface area contributed by atoms with Gasteiger partial charge >= 0.3 is 0 Å². The lowest BCUT2D eigenvalue weighted by molar-refractivity contribution is -0.212. The number of hydrogen-bond donors (Lipinski definition) is 4. The Bertz CT molecular complexity index is 369. The Balaban J connectivity index is 2.08. The lowest BCUT2D eigenvalue weighted by Gasteiger charge is -2.30. The number of aliphatic hydroxyl groups is 4. The first-order valence-electron chi connectivity index (χ1n) is 7.82. The van der Waals surface area contributed by atoms with Crippen LogP contribution in [0.4, 0.5) is 0 Å². The van der Waals surface area contributed by atoms with Crippen molar-refractivity contribution in [2.75, 3.05) is 6.61 Å². The van der Waals surface area contributed by atoms with E-state index in [9.17, 15) is 20.4 Å². The van der Waals surface area contributed by atoms with E-state index in [1.54, 1.807) is 0 Å². The fourth-order valence-electron chi connectivity index (χ4n) is 3.09. The summed E-state index contributed by atoms with van der Waals surface area (Å²) in [6, 6.07) is 0. The molecule has 0 aromatic carbocycles. The molecule has 0 saturated carbocycles. The molecular weight excluding hydrogens is 292 g/mol. The van der Waals surface area contributed by atoms with Crippen molar-refractivity contribution in [2.45, 2.75) is 83.1 Å². The zero-order chi connectivity index (χ0) is 16.7. The van der Waals surface area contributed by atoms with Gasteiger partial charge in [0, 0.05) is 0 Å². The highest BCUT2D eigenvalue weighted by molar-refractivity contribution is 4.98. The molecule has 2 aliphatic rings. The van der Waals surface area contributed by atoms with Crippen molar-refractivity contribution in [1.82, 2.24) is 0 Å². The van der Waals surface area contributed by atoms with Crippen LogP contribution in [0.5, 0.6) is 0 Å². The van der Waals surface area contributed by atoms with Gasteiger partial charge in [0.15, 0.2) is 6.29 Å². The second-order valence-electron chi connectivity index (χ2n) is 7.17. The third-order valence-electron chi connectivity index (χ3n) is 4.38. The summed E-state index contributed by atoms with van der Waals surface area (Å²) in [5.74, 6) is 0. The molecule has 7 heteroatoms. The first-order valence-corrected chi connectivity index (χ1v) is 7.82. The minimum Gasteiger partial charge on any atom is -0.394 e. The molecular formula is C15H28O7. The second-order valence-corrected chi connectivity index (χ2v) is 7.17. The predicted molar refractivity (Wildman–Crippen MR) is 77.0 cm³/mol. The number of rotatable bonds is 4. The molecule has 2 heterocycles. The van der Waals surface area contributed by atoms with E-state index in [0.29, 0.717) is 6.42 Å². The zero-order valence-corrected chi connectivity index (χ0v) is 13.5. The Hall–Kier alpha value is -0.280. The average Bonchev–Trinajstić information content (AvgIpc) is 2.91. The Morgan fingerprint density at radius 1 is 0.955 bits per heavy atom. The molecule has 0 aliphatic carbocycles. The van der Waals surface area contributed by atoms with Gasteiger partial charge in [-0.3, -0.25) is 0 Å². The highest BCUT2D eigenvalue weighted by Gasteiger charge is 2.52. The van der Waals surface area contributed by atoms with Crippen LogP contribution in [0, 0.1) is 5.41 Å². The topological polar surface area (TPSA) is 109 Å². The van der Waals surface area contributed by atoms with E-state index in [1.165, 1.54) is 0 Å². The van der Waals surface area contributed by atoms with Gasteiger partial charge in [-0.25, -0.2) is 0 Å². The van der Waals surface area contributed by atoms with Gasteiger partial charge < -0.3 is 34.6 Å². The van der Waals surface area contributed by atoms with E-state index >= 15 is 0 Å². The summed E-state index contributed by atoms with van der Waals surface area (Å²) >= 11 is 0. The van der Waals surface area contributed by atoms with E-state index < -0.39 is 49.0 Å². The molecule has 2 rings (SSSR count). The van der Waals surface area contributed by atoms with Gasteiger partial charge in [-0.05, 0) is 11.8 Å². The van der Waals surface area contributed by atoms with Gasteiger partial charge in [-0.1, -0.05) is 27.7 Å². The Morgan fingerprint density at radius 2 is 1.59 bits per heavy atom. The second kappa shape index (κ2) is 6.68. The smallest absolute Gasteiger partial charge is 0.187 e. The molecule has 0 radical (unpaired) electrons. The maximum absolute atomic E-state index is 10.5. The first-order chi connectivity index (χ1) is 10.2. The van der Waals surface area contributed by atoms with Crippen LogP contribution in [0.15, 0.2) is 0 Å². The van der Waals surface area contributed by atoms with Gasteiger partial charge in [-0.2, -0.15) is 0 Å². The molecule has 7 nitrogen and oxygen atoms in total. The summed E-state index contributed by atoms with van der Waals surface area (Å²) in [6.45, 7) is 7.31. The molecule has 0 aromatic heterocycles. The summed E-state index contributed by atoms with van der Waals surface area (Å²) in [4.78, 5) is 0. The minimum absolute atomic E-state index is 0.309. The lowest BCUT2D eigenvalue weighted by atomic mass is 9.85. The number of hydrogen-bond acceptors (Lipinski definition) is 7. The van der Waals surface area contributed by atoms with Crippen molar-refractivity contribution in [3.05, 3.63) is 0 Å². The SMILES string of the molecule is CC[C@H]1OC(O[C@H]2[C@@H](CO)OC(C(C)(C)C)[C@@H]2O)[C@H](O)[C@H]1O. The van der Waals surface area contributed by atoms with Gasteiger partial charge in [-0.15, -0.1) is 0 Å². The summed E-state index contributed by atoms with van der Waals surface area (Å²) < 4.78 is 16.9. The fourth-order valence-corrected chi connectivity index (χ4v) is 3.09. The van der Waals surface area contributed by atoms with Crippen molar-refractivity contribution in [1.29, 1.82) is 0 Å². The summed E-state index contributed by atoms with van der Waals surface area (Å²) in [5.41, 5.74) is -0.328. The monoisotopic (exact) mass is 320 g/mol.